The average molecular weight is 237 g/mol. The Balaban J connectivity index is 2.28. The summed E-state index contributed by atoms with van der Waals surface area (Å²) in [6.07, 6.45) is 4.34. The lowest BCUT2D eigenvalue weighted by atomic mass is 9.71. The standard InChI is InChI=1S/C14H20FNO/c15-12-5-3-11(4-6-12)13(9-16)14(10-17)7-1-2-8-14/h3-6,13,17H,1-2,7-10,16H2/t13-/m0/s1. The third-order valence-corrected chi connectivity index (χ3v) is 4.16. The van der Waals surface area contributed by atoms with Crippen LogP contribution in [0.15, 0.2) is 24.3 Å². The zero-order chi connectivity index (χ0) is 12.3. The van der Waals surface area contributed by atoms with Gasteiger partial charge >= 0.3 is 0 Å². The highest BCUT2D eigenvalue weighted by Gasteiger charge is 2.40. The van der Waals surface area contributed by atoms with Gasteiger partial charge in [-0.1, -0.05) is 25.0 Å². The molecule has 0 heterocycles. The van der Waals surface area contributed by atoms with Crippen LogP contribution in [0, 0.1) is 11.2 Å². The minimum Gasteiger partial charge on any atom is -0.396 e. The van der Waals surface area contributed by atoms with Crippen LogP contribution in [0.2, 0.25) is 0 Å². The van der Waals surface area contributed by atoms with Crippen molar-refractivity contribution in [2.45, 2.75) is 31.6 Å². The van der Waals surface area contributed by atoms with Gasteiger partial charge in [-0.05, 0) is 37.1 Å². The second kappa shape index (κ2) is 5.15. The third kappa shape index (κ3) is 2.35. The van der Waals surface area contributed by atoms with Crippen molar-refractivity contribution in [3.63, 3.8) is 0 Å². The highest BCUT2D eigenvalue weighted by atomic mass is 19.1. The molecular formula is C14H20FNO. The molecule has 0 spiro atoms. The van der Waals surface area contributed by atoms with E-state index in [-0.39, 0.29) is 23.8 Å². The van der Waals surface area contributed by atoms with Gasteiger partial charge < -0.3 is 10.8 Å². The largest absolute Gasteiger partial charge is 0.396 e. The number of aliphatic hydroxyl groups excluding tert-OH is 1. The van der Waals surface area contributed by atoms with Gasteiger partial charge in [-0.25, -0.2) is 4.39 Å². The van der Waals surface area contributed by atoms with Crippen LogP contribution in [0.25, 0.3) is 0 Å². The highest BCUT2D eigenvalue weighted by Crippen LogP contribution is 2.48. The average Bonchev–Trinajstić information content (AvgIpc) is 2.82. The molecule has 0 unspecified atom stereocenters. The summed E-state index contributed by atoms with van der Waals surface area (Å²) in [5.41, 5.74) is 6.83. The van der Waals surface area contributed by atoms with Gasteiger partial charge in [0.25, 0.3) is 0 Å². The van der Waals surface area contributed by atoms with Crippen LogP contribution < -0.4 is 5.73 Å². The number of hydrogen-bond donors (Lipinski definition) is 2. The fourth-order valence-electron chi connectivity index (χ4n) is 3.13. The van der Waals surface area contributed by atoms with Crippen LogP contribution in [0.1, 0.15) is 37.2 Å². The first-order chi connectivity index (χ1) is 8.22. The second-order valence-corrected chi connectivity index (χ2v) is 5.07. The first kappa shape index (κ1) is 12.5. The molecular weight excluding hydrogens is 217 g/mol. The fraction of sp³-hybridized carbons (Fsp3) is 0.571. The Morgan fingerprint density at radius 1 is 1.24 bits per heavy atom. The van der Waals surface area contributed by atoms with E-state index >= 15 is 0 Å². The van der Waals surface area contributed by atoms with Crippen molar-refractivity contribution < 1.29 is 9.50 Å². The summed E-state index contributed by atoms with van der Waals surface area (Å²) in [5.74, 6) is -0.0930. The molecule has 2 nitrogen and oxygen atoms in total. The summed E-state index contributed by atoms with van der Waals surface area (Å²) in [6, 6.07) is 6.53. The maximum absolute atomic E-state index is 12.9. The predicted molar refractivity (Wildman–Crippen MR) is 66.2 cm³/mol. The Labute approximate surface area is 102 Å². The van der Waals surface area contributed by atoms with Gasteiger partial charge in [-0.2, -0.15) is 0 Å². The number of rotatable bonds is 4. The summed E-state index contributed by atoms with van der Waals surface area (Å²) < 4.78 is 12.9. The molecule has 1 fully saturated rings. The van der Waals surface area contributed by atoms with Gasteiger partial charge in [0, 0.05) is 17.9 Å². The molecule has 1 aliphatic carbocycles. The normalized spacial score (nSPS) is 20.4. The van der Waals surface area contributed by atoms with Crippen LogP contribution >= 0.6 is 0 Å². The van der Waals surface area contributed by atoms with Crippen molar-refractivity contribution in [1.82, 2.24) is 0 Å². The maximum Gasteiger partial charge on any atom is 0.123 e. The molecule has 17 heavy (non-hydrogen) atoms. The van der Waals surface area contributed by atoms with Crippen molar-refractivity contribution in [1.29, 1.82) is 0 Å². The first-order valence-corrected chi connectivity index (χ1v) is 6.28. The highest BCUT2D eigenvalue weighted by molar-refractivity contribution is 5.24. The van der Waals surface area contributed by atoms with E-state index in [1.165, 1.54) is 12.1 Å². The molecule has 94 valence electrons. The summed E-state index contributed by atoms with van der Waals surface area (Å²) in [4.78, 5) is 0. The second-order valence-electron chi connectivity index (χ2n) is 5.07. The zero-order valence-electron chi connectivity index (χ0n) is 10.0. The summed E-state index contributed by atoms with van der Waals surface area (Å²) in [5, 5.41) is 9.70. The smallest absolute Gasteiger partial charge is 0.123 e. The van der Waals surface area contributed by atoms with Crippen molar-refractivity contribution in [3.05, 3.63) is 35.6 Å². The molecule has 1 atom stereocenters. The Morgan fingerprint density at radius 3 is 2.29 bits per heavy atom. The number of nitrogens with two attached hydrogens (primary N) is 1. The lowest BCUT2D eigenvalue weighted by molar-refractivity contribution is 0.102. The van der Waals surface area contributed by atoms with Gasteiger partial charge in [0.2, 0.25) is 0 Å². The molecule has 3 N–H and O–H groups in total. The van der Waals surface area contributed by atoms with E-state index < -0.39 is 0 Å². The first-order valence-electron chi connectivity index (χ1n) is 6.28. The number of aliphatic hydroxyl groups is 1. The van der Waals surface area contributed by atoms with Crippen LogP contribution in [-0.2, 0) is 0 Å². The Morgan fingerprint density at radius 2 is 1.82 bits per heavy atom. The van der Waals surface area contributed by atoms with Crippen molar-refractivity contribution in [3.8, 4) is 0 Å². The molecule has 0 aromatic heterocycles. The topological polar surface area (TPSA) is 46.2 Å². The van der Waals surface area contributed by atoms with Crippen LogP contribution in [-0.4, -0.2) is 18.3 Å². The van der Waals surface area contributed by atoms with Crippen molar-refractivity contribution in [2.75, 3.05) is 13.2 Å². The van der Waals surface area contributed by atoms with E-state index in [2.05, 4.69) is 0 Å². The fourth-order valence-corrected chi connectivity index (χ4v) is 3.13. The number of benzene rings is 1. The van der Waals surface area contributed by atoms with E-state index in [0.29, 0.717) is 6.54 Å². The molecule has 2 rings (SSSR count). The Hall–Kier alpha value is -0.930. The Bertz CT molecular complexity index is 357. The summed E-state index contributed by atoms with van der Waals surface area (Å²) in [6.45, 7) is 0.679. The molecule has 0 aliphatic heterocycles. The van der Waals surface area contributed by atoms with E-state index in [1.807, 2.05) is 0 Å². The number of halogens is 1. The van der Waals surface area contributed by atoms with Crippen molar-refractivity contribution in [2.24, 2.45) is 11.1 Å². The third-order valence-electron chi connectivity index (χ3n) is 4.16. The molecule has 1 aromatic rings. The lowest BCUT2D eigenvalue weighted by Crippen LogP contribution is -2.34. The minimum atomic E-state index is -0.228. The SMILES string of the molecule is NC[C@@H](c1ccc(F)cc1)C1(CO)CCCC1. The van der Waals surface area contributed by atoms with Gasteiger partial charge in [0.1, 0.15) is 5.82 Å². The summed E-state index contributed by atoms with van der Waals surface area (Å²) in [7, 11) is 0. The van der Waals surface area contributed by atoms with Gasteiger partial charge in [-0.15, -0.1) is 0 Å². The van der Waals surface area contributed by atoms with Gasteiger partial charge in [0.15, 0.2) is 0 Å². The monoisotopic (exact) mass is 237 g/mol. The van der Waals surface area contributed by atoms with E-state index in [1.54, 1.807) is 12.1 Å². The molecule has 1 aromatic carbocycles. The van der Waals surface area contributed by atoms with Crippen LogP contribution in [0.5, 0.6) is 0 Å². The quantitative estimate of drug-likeness (QED) is 0.844. The van der Waals surface area contributed by atoms with Crippen LogP contribution in [0.4, 0.5) is 4.39 Å². The maximum atomic E-state index is 12.9. The van der Waals surface area contributed by atoms with Gasteiger partial charge in [0.05, 0.1) is 0 Å². The molecule has 1 saturated carbocycles. The summed E-state index contributed by atoms with van der Waals surface area (Å²) >= 11 is 0. The molecule has 0 saturated heterocycles. The van der Waals surface area contributed by atoms with Crippen LogP contribution in [0.3, 0.4) is 0 Å². The molecule has 0 amide bonds. The van der Waals surface area contributed by atoms with Crippen molar-refractivity contribution >= 4 is 0 Å². The zero-order valence-corrected chi connectivity index (χ0v) is 10.0. The minimum absolute atomic E-state index is 0.0907. The lowest BCUT2D eigenvalue weighted by Gasteiger charge is -2.35. The van der Waals surface area contributed by atoms with E-state index in [0.717, 1.165) is 31.2 Å². The Kier molecular flexibility index (Phi) is 3.79. The van der Waals surface area contributed by atoms with Gasteiger partial charge in [-0.3, -0.25) is 0 Å². The molecule has 0 radical (unpaired) electrons. The molecule has 0 bridgehead atoms. The molecule has 1 aliphatic rings. The predicted octanol–water partition coefficient (Wildman–Crippen LogP) is 2.42. The molecule has 3 heteroatoms. The number of hydrogen-bond acceptors (Lipinski definition) is 2. The van der Waals surface area contributed by atoms with E-state index in [4.69, 9.17) is 5.73 Å². The van der Waals surface area contributed by atoms with E-state index in [9.17, 15) is 9.50 Å².